The molecule has 448 valence electrons. The van der Waals surface area contributed by atoms with E-state index in [9.17, 15) is 19.2 Å². The number of halogens is 1. The molecule has 8 aromatic rings. The van der Waals surface area contributed by atoms with Crippen molar-refractivity contribution >= 4 is 52.1 Å². The summed E-state index contributed by atoms with van der Waals surface area (Å²) in [5.41, 5.74) is 7.60. The lowest BCUT2D eigenvalue weighted by Crippen LogP contribution is -2.49. The Kier molecular flexibility index (Phi) is 22.8. The molecule has 0 unspecified atom stereocenters. The van der Waals surface area contributed by atoms with Gasteiger partial charge in [0.1, 0.15) is 0 Å². The maximum Gasteiger partial charge on any atom is 0.251 e. The fraction of sp³-hybridized carbons (Fsp3) is 0.316. The summed E-state index contributed by atoms with van der Waals surface area (Å²) in [7, 11) is 0. The maximum atomic E-state index is 14.2. The van der Waals surface area contributed by atoms with Crippen LogP contribution in [0.2, 0.25) is 5.02 Å². The quantitative estimate of drug-likeness (QED) is 0.0532. The Morgan fingerprint density at radius 3 is 1.51 bits per heavy atom. The predicted octanol–water partition coefficient (Wildman–Crippen LogP) is 13.8. The van der Waals surface area contributed by atoms with Crippen LogP contribution < -0.4 is 21.3 Å². The summed E-state index contributed by atoms with van der Waals surface area (Å²) < 4.78 is 0. The lowest BCUT2D eigenvalue weighted by molar-refractivity contribution is -0.133. The van der Waals surface area contributed by atoms with Crippen molar-refractivity contribution in [1.82, 2.24) is 31.1 Å². The van der Waals surface area contributed by atoms with E-state index < -0.39 is 0 Å². The van der Waals surface area contributed by atoms with Crippen LogP contribution in [0.4, 0.5) is 0 Å². The number of benzene rings is 8. The Morgan fingerprint density at radius 1 is 0.506 bits per heavy atom. The molecule has 1 aliphatic carbocycles. The van der Waals surface area contributed by atoms with E-state index in [1.54, 1.807) is 18.2 Å². The molecule has 11 heteroatoms. The average molecular weight is 1180 g/mol. The van der Waals surface area contributed by atoms with Gasteiger partial charge in [0.15, 0.2) is 0 Å². The Balaban J connectivity index is 0.000000193. The molecule has 10 nitrogen and oxygen atoms in total. The minimum Gasteiger partial charge on any atom is -0.351 e. The number of amides is 4. The lowest BCUT2D eigenvalue weighted by Gasteiger charge is -2.30. The van der Waals surface area contributed by atoms with Gasteiger partial charge in [-0.05, 0) is 119 Å². The highest BCUT2D eigenvalue weighted by Crippen LogP contribution is 2.32. The largest absolute Gasteiger partial charge is 0.351 e. The van der Waals surface area contributed by atoms with Gasteiger partial charge in [0.2, 0.25) is 17.7 Å². The molecule has 0 spiro atoms. The van der Waals surface area contributed by atoms with Crippen LogP contribution in [0.5, 0.6) is 0 Å². The number of hydrogen-bond donors (Lipinski definition) is 4. The molecule has 0 bridgehead atoms. The van der Waals surface area contributed by atoms with Gasteiger partial charge in [0.25, 0.3) is 5.91 Å². The van der Waals surface area contributed by atoms with Crippen LogP contribution in [-0.2, 0) is 20.8 Å². The van der Waals surface area contributed by atoms with Crippen LogP contribution in [0.15, 0.2) is 224 Å². The Bertz CT molecular complexity index is 3380. The van der Waals surface area contributed by atoms with E-state index in [-0.39, 0.29) is 59.6 Å². The number of aryl methyl sites for hydroxylation is 1. The zero-order valence-corrected chi connectivity index (χ0v) is 50.7. The molecule has 3 fully saturated rings. The zero-order chi connectivity index (χ0) is 60.0. The molecule has 0 radical (unpaired) electrons. The van der Waals surface area contributed by atoms with Crippen LogP contribution >= 0.6 is 11.6 Å². The van der Waals surface area contributed by atoms with E-state index in [1.165, 1.54) is 66.0 Å². The summed E-state index contributed by atoms with van der Waals surface area (Å²) in [6.07, 6.45) is 14.7. The van der Waals surface area contributed by atoms with Gasteiger partial charge in [-0.25, -0.2) is 0 Å². The molecule has 2 aliphatic heterocycles. The number of fused-ring (bicyclic) bond motifs is 1. The van der Waals surface area contributed by atoms with Crippen molar-refractivity contribution < 1.29 is 19.2 Å². The lowest BCUT2D eigenvalue weighted by atomic mass is 9.85. The fourth-order valence-corrected chi connectivity index (χ4v) is 12.9. The van der Waals surface area contributed by atoms with Crippen molar-refractivity contribution in [2.45, 2.75) is 107 Å². The van der Waals surface area contributed by atoms with Crippen LogP contribution in [0.25, 0.3) is 16.8 Å². The highest BCUT2D eigenvalue weighted by molar-refractivity contribution is 6.30. The topological polar surface area (TPSA) is 123 Å². The third kappa shape index (κ3) is 18.2. The molecule has 8 aromatic carbocycles. The second-order valence-corrected chi connectivity index (χ2v) is 24.2. The van der Waals surface area contributed by atoms with Gasteiger partial charge in [0.05, 0.1) is 12.1 Å². The number of rotatable bonds is 21. The van der Waals surface area contributed by atoms with Crippen LogP contribution in [0, 0.1) is 5.92 Å². The number of carbonyl (C=O) groups is 4. The first-order chi connectivity index (χ1) is 42.7. The minimum atomic E-state index is -0.346. The molecular formula is C76H83ClN6O4. The van der Waals surface area contributed by atoms with Gasteiger partial charge in [0, 0.05) is 79.9 Å². The van der Waals surface area contributed by atoms with E-state index in [2.05, 4.69) is 141 Å². The first-order valence-corrected chi connectivity index (χ1v) is 31.9. The molecule has 11 rings (SSSR count). The third-order valence-electron chi connectivity index (χ3n) is 17.7. The van der Waals surface area contributed by atoms with Crippen molar-refractivity contribution in [2.24, 2.45) is 5.92 Å². The molecule has 4 amide bonds. The highest BCUT2D eigenvalue weighted by Gasteiger charge is 2.35. The summed E-state index contributed by atoms with van der Waals surface area (Å²) in [5.74, 6) is 0.947. The van der Waals surface area contributed by atoms with Crippen LogP contribution in [0.3, 0.4) is 0 Å². The van der Waals surface area contributed by atoms with E-state index >= 15 is 0 Å². The van der Waals surface area contributed by atoms with Gasteiger partial charge in [-0.3, -0.25) is 19.2 Å². The van der Waals surface area contributed by atoms with E-state index in [1.807, 2.05) is 95.9 Å². The fourth-order valence-electron chi connectivity index (χ4n) is 12.8. The van der Waals surface area contributed by atoms with Gasteiger partial charge in [-0.15, -0.1) is 0 Å². The van der Waals surface area contributed by atoms with Crippen molar-refractivity contribution in [3.63, 3.8) is 0 Å². The van der Waals surface area contributed by atoms with Gasteiger partial charge >= 0.3 is 0 Å². The molecule has 0 aromatic heterocycles. The average Bonchev–Trinajstić information content (AvgIpc) is 4.14. The minimum absolute atomic E-state index is 0.0246. The van der Waals surface area contributed by atoms with Crippen molar-refractivity contribution in [3.05, 3.63) is 268 Å². The molecule has 2 saturated heterocycles. The summed E-state index contributed by atoms with van der Waals surface area (Å²) in [6.45, 7) is 3.45. The van der Waals surface area contributed by atoms with E-state index in [4.69, 9.17) is 11.6 Å². The maximum absolute atomic E-state index is 14.2. The smallest absolute Gasteiger partial charge is 0.251 e. The molecule has 1 saturated carbocycles. The van der Waals surface area contributed by atoms with E-state index in [0.29, 0.717) is 62.2 Å². The molecular weight excluding hydrogens is 1100 g/mol. The predicted molar refractivity (Wildman–Crippen MR) is 354 cm³/mol. The highest BCUT2D eigenvalue weighted by atomic mass is 35.5. The summed E-state index contributed by atoms with van der Waals surface area (Å²) in [6, 6.07) is 72.9. The van der Waals surface area contributed by atoms with Gasteiger partial charge in [-0.2, -0.15) is 0 Å². The van der Waals surface area contributed by atoms with Crippen LogP contribution in [-0.4, -0.2) is 96.9 Å². The monoisotopic (exact) mass is 1180 g/mol. The van der Waals surface area contributed by atoms with Crippen molar-refractivity contribution in [2.75, 3.05) is 39.3 Å². The number of hydrogen-bond acceptors (Lipinski definition) is 6. The number of nitrogens with one attached hydrogen (secondary N) is 4. The molecule has 4 atom stereocenters. The Morgan fingerprint density at radius 2 is 0.977 bits per heavy atom. The number of nitrogens with zero attached hydrogens (tertiary/aromatic N) is 2. The normalized spacial score (nSPS) is 18.5. The van der Waals surface area contributed by atoms with Crippen LogP contribution in [0.1, 0.15) is 120 Å². The molecule has 87 heavy (non-hydrogen) atoms. The second-order valence-electron chi connectivity index (χ2n) is 23.7. The van der Waals surface area contributed by atoms with Crippen molar-refractivity contribution in [3.8, 4) is 0 Å². The van der Waals surface area contributed by atoms with Gasteiger partial charge < -0.3 is 31.1 Å². The standard InChI is InChI=1S/C39H45N3O2.C37H38ClN3O2/c43-38(34-22-21-30-14-10-11-19-33(30)26-34)40-27-35-24-25-42(39(44)37(41-35)23-20-29-12-4-1-5-13-29)28-36(31-15-6-2-7-16-31)32-17-8-3-9-18-32;38-32-20-16-29(17-21-32)19-23-36(42)39-26-33-24-25-41(37(43)35(40-33)22-18-28-10-4-1-5-11-28)27-34(30-12-6-2-7-13-30)31-14-8-3-9-15-31/h2-3,6-11,14-19,21-22,26,29,35-37,41H,1,4-5,12-13,20,23-25,27-28H2,(H,40,43);1-17,19-21,23,33-35,40H,18,22,24-27H2,(H,39,42)/t35-,37-;33-,35-/m00/s1. The van der Waals surface area contributed by atoms with E-state index in [0.717, 1.165) is 48.4 Å². The first kappa shape index (κ1) is 61.9. The third-order valence-corrected chi connectivity index (χ3v) is 17.9. The SMILES string of the molecule is O=C(C=Cc1ccc(Cl)cc1)NC[C@@H]1CCN(CC(c2ccccc2)c2ccccc2)C(=O)[C@H](CCc2ccccc2)N1.O=C(NC[C@@H]1CCN(CC(c2ccccc2)c2ccccc2)C(=O)[C@H](CCC2CCCCC2)N1)c1ccc2ccccc2c1. The summed E-state index contributed by atoms with van der Waals surface area (Å²) in [5, 5.41) is 16.4. The second kappa shape index (κ2) is 32.0. The molecule has 2 heterocycles. The number of carbonyl (C=O) groups excluding carboxylic acids is 4. The molecule has 3 aliphatic rings. The summed E-state index contributed by atoms with van der Waals surface area (Å²) in [4.78, 5) is 58.3. The van der Waals surface area contributed by atoms with Gasteiger partial charge in [-0.1, -0.05) is 238 Å². The molecule has 4 N–H and O–H groups in total. The Hall–Kier alpha value is -8.15. The zero-order valence-electron chi connectivity index (χ0n) is 49.9. The first-order valence-electron chi connectivity index (χ1n) is 31.5. The Labute approximate surface area is 519 Å². The van der Waals surface area contributed by atoms with Crippen molar-refractivity contribution in [1.29, 1.82) is 0 Å². The summed E-state index contributed by atoms with van der Waals surface area (Å²) >= 11 is 5.97.